The standard InChI is InChI=1S/C22H14F3N3OS/c1-2-14-7-4-6-10-18(14)28-20(29)19(30-21(28)16(12-26)13-27)11-15-8-3-5-9-17(15)22(23,24)25/h3-11H,2H2,1H3/b19-11+. The summed E-state index contributed by atoms with van der Waals surface area (Å²) in [5.74, 6) is 0. The van der Waals surface area contributed by atoms with E-state index < -0.39 is 17.3 Å². The third-order valence-corrected chi connectivity index (χ3v) is 5.52. The molecule has 0 aliphatic heterocycles. The molecule has 3 aromatic rings. The van der Waals surface area contributed by atoms with E-state index in [9.17, 15) is 28.5 Å². The molecule has 1 aromatic heterocycles. The van der Waals surface area contributed by atoms with Gasteiger partial charge in [0.15, 0.2) is 5.57 Å². The zero-order valence-electron chi connectivity index (χ0n) is 15.7. The Morgan fingerprint density at radius 1 is 1.10 bits per heavy atom. The number of hydrogen-bond donors (Lipinski definition) is 0. The summed E-state index contributed by atoms with van der Waals surface area (Å²) in [5, 5.41) is 18.7. The highest BCUT2D eigenvalue weighted by Crippen LogP contribution is 2.32. The first-order valence-electron chi connectivity index (χ1n) is 8.84. The Balaban J connectivity index is 2.45. The predicted molar refractivity (Wildman–Crippen MR) is 108 cm³/mol. The molecule has 1 heterocycles. The summed E-state index contributed by atoms with van der Waals surface area (Å²) in [6, 6.07) is 15.5. The van der Waals surface area contributed by atoms with E-state index >= 15 is 0 Å². The van der Waals surface area contributed by atoms with Gasteiger partial charge in [0.25, 0.3) is 5.56 Å². The van der Waals surface area contributed by atoms with Crippen molar-refractivity contribution in [2.24, 2.45) is 0 Å². The molecule has 0 N–H and O–H groups in total. The number of para-hydroxylation sites is 1. The number of hydrogen-bond acceptors (Lipinski definition) is 4. The summed E-state index contributed by atoms with van der Waals surface area (Å²) in [4.78, 5) is 13.2. The lowest BCUT2D eigenvalue weighted by atomic mass is 10.1. The van der Waals surface area contributed by atoms with Gasteiger partial charge < -0.3 is 0 Å². The molecule has 0 spiro atoms. The van der Waals surface area contributed by atoms with E-state index in [0.29, 0.717) is 12.1 Å². The molecule has 0 amide bonds. The number of thiazole rings is 1. The van der Waals surface area contributed by atoms with Crippen LogP contribution in [0.2, 0.25) is 0 Å². The van der Waals surface area contributed by atoms with Crippen LogP contribution in [0, 0.1) is 22.7 Å². The molecule has 4 nitrogen and oxygen atoms in total. The fourth-order valence-corrected chi connectivity index (χ4v) is 4.08. The van der Waals surface area contributed by atoms with Crippen molar-refractivity contribution >= 4 is 23.0 Å². The Labute approximate surface area is 173 Å². The minimum Gasteiger partial charge on any atom is -0.267 e. The fourth-order valence-electron chi connectivity index (χ4n) is 3.04. The third-order valence-electron chi connectivity index (χ3n) is 4.43. The molecule has 8 heteroatoms. The van der Waals surface area contributed by atoms with Crippen LogP contribution in [0.15, 0.2) is 53.3 Å². The Bertz CT molecular complexity index is 1350. The van der Waals surface area contributed by atoms with Crippen LogP contribution in [0.1, 0.15) is 23.6 Å². The van der Waals surface area contributed by atoms with Gasteiger partial charge in [0.05, 0.1) is 15.8 Å². The highest BCUT2D eigenvalue weighted by molar-refractivity contribution is 7.07. The van der Waals surface area contributed by atoms with Gasteiger partial charge in [0.1, 0.15) is 16.8 Å². The lowest BCUT2D eigenvalue weighted by Gasteiger charge is -2.09. The minimum absolute atomic E-state index is 0.00407. The normalized spacial score (nSPS) is 11.7. The second-order valence-electron chi connectivity index (χ2n) is 6.22. The number of nitrogens with zero attached hydrogens (tertiary/aromatic N) is 3. The van der Waals surface area contributed by atoms with Gasteiger partial charge in [-0.3, -0.25) is 9.36 Å². The molecule has 0 fully saturated rings. The first-order chi connectivity index (χ1) is 14.3. The number of rotatable bonds is 3. The molecule has 0 aliphatic carbocycles. The molecule has 150 valence electrons. The summed E-state index contributed by atoms with van der Waals surface area (Å²) in [7, 11) is 0. The Kier molecular flexibility index (Phi) is 5.91. The second-order valence-corrected chi connectivity index (χ2v) is 7.25. The smallest absolute Gasteiger partial charge is 0.267 e. The lowest BCUT2D eigenvalue weighted by molar-refractivity contribution is -0.137. The van der Waals surface area contributed by atoms with E-state index in [2.05, 4.69) is 0 Å². The number of alkyl halides is 3. The molecule has 0 unspecified atom stereocenters. The van der Waals surface area contributed by atoms with E-state index in [0.717, 1.165) is 29.0 Å². The van der Waals surface area contributed by atoms with Crippen LogP contribution >= 0.6 is 11.3 Å². The molecule has 0 atom stereocenters. The molecule has 0 bridgehead atoms. The topological polar surface area (TPSA) is 69.6 Å². The van der Waals surface area contributed by atoms with Gasteiger partial charge in [-0.1, -0.05) is 43.3 Å². The van der Waals surface area contributed by atoms with Crippen LogP contribution < -0.4 is 14.8 Å². The lowest BCUT2D eigenvalue weighted by Crippen LogP contribution is -2.31. The summed E-state index contributed by atoms with van der Waals surface area (Å²) in [6.07, 6.45) is -2.85. The average Bonchev–Trinajstić information content (AvgIpc) is 3.04. The van der Waals surface area contributed by atoms with Gasteiger partial charge in [0, 0.05) is 0 Å². The van der Waals surface area contributed by atoms with Crippen LogP contribution in [0.25, 0.3) is 17.3 Å². The zero-order valence-corrected chi connectivity index (χ0v) is 16.5. The summed E-state index contributed by atoms with van der Waals surface area (Å²) >= 11 is 0.817. The number of halogens is 3. The summed E-state index contributed by atoms with van der Waals surface area (Å²) < 4.78 is 41.4. The molecule has 0 radical (unpaired) electrons. The quantitative estimate of drug-likeness (QED) is 0.645. The Morgan fingerprint density at radius 2 is 1.73 bits per heavy atom. The number of aromatic nitrogens is 1. The molecular weight excluding hydrogens is 411 g/mol. The van der Waals surface area contributed by atoms with Gasteiger partial charge in [-0.15, -0.1) is 11.3 Å². The zero-order chi connectivity index (χ0) is 21.9. The van der Waals surface area contributed by atoms with Gasteiger partial charge in [-0.25, -0.2) is 0 Å². The summed E-state index contributed by atoms with van der Waals surface area (Å²) in [6.45, 7) is 1.89. The predicted octanol–water partition coefficient (Wildman–Crippen LogP) is 3.51. The summed E-state index contributed by atoms with van der Waals surface area (Å²) in [5.41, 5.74) is -0.618. The highest BCUT2D eigenvalue weighted by Gasteiger charge is 2.32. The monoisotopic (exact) mass is 425 g/mol. The van der Waals surface area contributed by atoms with Gasteiger partial charge in [-0.2, -0.15) is 23.7 Å². The van der Waals surface area contributed by atoms with E-state index in [-0.39, 0.29) is 20.3 Å². The minimum atomic E-state index is -4.59. The molecule has 3 rings (SSSR count). The molecule has 0 saturated heterocycles. The van der Waals surface area contributed by atoms with Crippen LogP contribution in [-0.2, 0) is 12.6 Å². The van der Waals surface area contributed by atoms with E-state index in [1.54, 1.807) is 30.3 Å². The van der Waals surface area contributed by atoms with Crippen LogP contribution in [0.4, 0.5) is 13.2 Å². The Hall–Kier alpha value is -3.62. The maximum absolute atomic E-state index is 13.3. The molecular formula is C22H14F3N3OS. The van der Waals surface area contributed by atoms with Gasteiger partial charge in [-0.05, 0) is 35.8 Å². The SMILES string of the molecule is CCc1ccccc1-n1c(=C(C#N)C#N)s/c(=C/c2ccccc2C(F)(F)F)c1=O. The second kappa shape index (κ2) is 8.40. The number of benzene rings is 2. The fraction of sp³-hybridized carbons (Fsp3) is 0.136. The van der Waals surface area contributed by atoms with Crippen molar-refractivity contribution in [3.63, 3.8) is 0 Å². The van der Waals surface area contributed by atoms with Crippen molar-refractivity contribution in [3.8, 4) is 17.8 Å². The van der Waals surface area contributed by atoms with Crippen LogP contribution in [0.5, 0.6) is 0 Å². The maximum Gasteiger partial charge on any atom is 0.416 e. The van der Waals surface area contributed by atoms with Crippen molar-refractivity contribution in [2.45, 2.75) is 19.5 Å². The van der Waals surface area contributed by atoms with Crippen LogP contribution in [-0.4, -0.2) is 4.57 Å². The number of aryl methyl sites for hydroxylation is 1. The molecule has 0 saturated carbocycles. The average molecular weight is 425 g/mol. The van der Waals surface area contributed by atoms with Crippen molar-refractivity contribution < 1.29 is 13.2 Å². The van der Waals surface area contributed by atoms with Crippen molar-refractivity contribution in [1.82, 2.24) is 4.57 Å². The van der Waals surface area contributed by atoms with Crippen molar-refractivity contribution in [1.29, 1.82) is 10.5 Å². The van der Waals surface area contributed by atoms with Crippen molar-refractivity contribution in [3.05, 3.63) is 84.8 Å². The Morgan fingerprint density at radius 3 is 2.37 bits per heavy atom. The number of nitriles is 2. The van der Waals surface area contributed by atoms with E-state index in [1.807, 2.05) is 13.0 Å². The van der Waals surface area contributed by atoms with E-state index in [1.165, 1.54) is 22.8 Å². The van der Waals surface area contributed by atoms with E-state index in [4.69, 9.17) is 0 Å². The molecule has 0 aliphatic rings. The largest absolute Gasteiger partial charge is 0.416 e. The van der Waals surface area contributed by atoms with Gasteiger partial charge in [0.2, 0.25) is 0 Å². The first kappa shape index (κ1) is 21.1. The highest BCUT2D eigenvalue weighted by atomic mass is 32.1. The molecule has 30 heavy (non-hydrogen) atoms. The van der Waals surface area contributed by atoms with Crippen molar-refractivity contribution in [2.75, 3.05) is 0 Å². The third kappa shape index (κ3) is 3.91. The van der Waals surface area contributed by atoms with Crippen LogP contribution in [0.3, 0.4) is 0 Å². The molecule has 2 aromatic carbocycles. The maximum atomic E-state index is 13.3. The van der Waals surface area contributed by atoms with Gasteiger partial charge >= 0.3 is 6.18 Å². The first-order valence-corrected chi connectivity index (χ1v) is 9.66.